The molecule has 0 aromatic carbocycles. The van der Waals surface area contributed by atoms with Gasteiger partial charge in [0.05, 0.1) is 11.0 Å². The number of sulfone groups is 1. The van der Waals surface area contributed by atoms with Crippen LogP contribution in [0.5, 0.6) is 0 Å². The van der Waals surface area contributed by atoms with Gasteiger partial charge in [-0.25, -0.2) is 8.42 Å². The van der Waals surface area contributed by atoms with Crippen molar-refractivity contribution >= 4 is 9.84 Å². The van der Waals surface area contributed by atoms with Gasteiger partial charge < -0.3 is 5.32 Å². The van der Waals surface area contributed by atoms with Gasteiger partial charge in [0.1, 0.15) is 0 Å². The summed E-state index contributed by atoms with van der Waals surface area (Å²) in [7, 11) is -2.78. The molecule has 3 fully saturated rings. The normalized spacial score (nSPS) is 33.4. The molecule has 1 N–H and O–H groups in total. The van der Waals surface area contributed by atoms with Gasteiger partial charge in [-0.05, 0) is 50.4 Å². The summed E-state index contributed by atoms with van der Waals surface area (Å²) in [4.78, 5) is 0. The molecule has 0 aromatic heterocycles. The Kier molecular flexibility index (Phi) is 4.18. The topological polar surface area (TPSA) is 46.2 Å². The maximum absolute atomic E-state index is 11.9. The standard InChI is InChI=1S/C15H27NO2S/c17-19(18)10-4-7-14(19)11-16-15(13-8-9-13)12-5-2-1-3-6-12/h12-16H,1-11H2/t14-,15-/m0/s1. The van der Waals surface area contributed by atoms with E-state index in [-0.39, 0.29) is 5.25 Å². The Bertz CT molecular complexity index is 396. The van der Waals surface area contributed by atoms with E-state index in [1.54, 1.807) is 0 Å². The van der Waals surface area contributed by atoms with Gasteiger partial charge in [0, 0.05) is 12.6 Å². The molecule has 110 valence electrons. The first-order chi connectivity index (χ1) is 9.17. The van der Waals surface area contributed by atoms with Crippen molar-refractivity contribution in [1.29, 1.82) is 0 Å². The van der Waals surface area contributed by atoms with Gasteiger partial charge in [0.15, 0.2) is 9.84 Å². The molecule has 1 aliphatic heterocycles. The quantitative estimate of drug-likeness (QED) is 0.844. The molecule has 0 amide bonds. The van der Waals surface area contributed by atoms with E-state index >= 15 is 0 Å². The third-order valence-electron chi connectivity index (χ3n) is 5.33. The first kappa shape index (κ1) is 13.9. The summed E-state index contributed by atoms with van der Waals surface area (Å²) < 4.78 is 23.8. The number of hydrogen-bond acceptors (Lipinski definition) is 3. The van der Waals surface area contributed by atoms with Crippen LogP contribution >= 0.6 is 0 Å². The Balaban J connectivity index is 1.56. The van der Waals surface area contributed by atoms with Crippen LogP contribution in [0.3, 0.4) is 0 Å². The smallest absolute Gasteiger partial charge is 0.154 e. The zero-order valence-electron chi connectivity index (χ0n) is 11.8. The van der Waals surface area contributed by atoms with Crippen molar-refractivity contribution < 1.29 is 8.42 Å². The van der Waals surface area contributed by atoms with E-state index < -0.39 is 9.84 Å². The van der Waals surface area contributed by atoms with E-state index in [9.17, 15) is 8.42 Å². The average Bonchev–Trinajstić information content (AvgIpc) is 3.17. The van der Waals surface area contributed by atoms with Gasteiger partial charge in [-0.1, -0.05) is 19.3 Å². The van der Waals surface area contributed by atoms with Crippen LogP contribution in [0, 0.1) is 11.8 Å². The first-order valence-electron chi connectivity index (χ1n) is 8.12. The lowest BCUT2D eigenvalue weighted by Crippen LogP contribution is -2.43. The predicted octanol–water partition coefficient (Wildman–Crippen LogP) is 2.51. The zero-order valence-corrected chi connectivity index (χ0v) is 12.6. The van der Waals surface area contributed by atoms with E-state index in [0.29, 0.717) is 18.3 Å². The Morgan fingerprint density at radius 3 is 2.16 bits per heavy atom. The molecule has 2 atom stereocenters. The van der Waals surface area contributed by atoms with Crippen molar-refractivity contribution in [2.24, 2.45) is 11.8 Å². The summed E-state index contributed by atoms with van der Waals surface area (Å²) in [6, 6.07) is 0.608. The molecular formula is C15H27NO2S. The number of rotatable bonds is 5. The van der Waals surface area contributed by atoms with Gasteiger partial charge >= 0.3 is 0 Å². The van der Waals surface area contributed by atoms with E-state index in [2.05, 4.69) is 5.32 Å². The molecule has 0 unspecified atom stereocenters. The van der Waals surface area contributed by atoms with Crippen molar-refractivity contribution in [3.63, 3.8) is 0 Å². The average molecular weight is 285 g/mol. The molecule has 2 aliphatic carbocycles. The summed E-state index contributed by atoms with van der Waals surface area (Å²) in [5.41, 5.74) is 0. The molecule has 3 rings (SSSR count). The van der Waals surface area contributed by atoms with Gasteiger partial charge in [-0.3, -0.25) is 0 Å². The SMILES string of the molecule is O=S1(=O)CCC[C@H]1CN[C@@H](C1CCCCC1)C1CC1. The van der Waals surface area contributed by atoms with Crippen molar-refractivity contribution in [1.82, 2.24) is 5.32 Å². The van der Waals surface area contributed by atoms with Crippen LogP contribution in [-0.2, 0) is 9.84 Å². The maximum atomic E-state index is 11.9. The zero-order chi connectivity index (χ0) is 13.3. The van der Waals surface area contributed by atoms with Gasteiger partial charge in [-0.15, -0.1) is 0 Å². The first-order valence-corrected chi connectivity index (χ1v) is 9.83. The molecule has 19 heavy (non-hydrogen) atoms. The summed E-state index contributed by atoms with van der Waals surface area (Å²) in [5, 5.41) is 3.57. The van der Waals surface area contributed by atoms with Crippen molar-refractivity contribution in [3.05, 3.63) is 0 Å². The Hall–Kier alpha value is -0.0900. The second-order valence-electron chi connectivity index (χ2n) is 6.80. The summed E-state index contributed by atoms with van der Waals surface area (Å²) in [6.07, 6.45) is 11.3. The largest absolute Gasteiger partial charge is 0.312 e. The summed E-state index contributed by atoms with van der Waals surface area (Å²) in [6.45, 7) is 0.708. The predicted molar refractivity (Wildman–Crippen MR) is 77.9 cm³/mol. The highest BCUT2D eigenvalue weighted by molar-refractivity contribution is 7.92. The second-order valence-corrected chi connectivity index (χ2v) is 9.20. The fourth-order valence-electron chi connectivity index (χ4n) is 4.02. The Morgan fingerprint density at radius 1 is 0.895 bits per heavy atom. The molecule has 0 radical (unpaired) electrons. The van der Waals surface area contributed by atoms with Crippen LogP contribution in [0.1, 0.15) is 57.8 Å². The lowest BCUT2D eigenvalue weighted by molar-refractivity contribution is 0.247. The van der Waals surface area contributed by atoms with Crippen LogP contribution in [0.4, 0.5) is 0 Å². The Morgan fingerprint density at radius 2 is 1.58 bits per heavy atom. The molecule has 1 saturated heterocycles. The third kappa shape index (κ3) is 3.33. The van der Waals surface area contributed by atoms with E-state index in [0.717, 1.165) is 24.7 Å². The molecule has 4 heteroatoms. The molecule has 2 saturated carbocycles. The third-order valence-corrected chi connectivity index (χ3v) is 7.61. The molecule has 3 nitrogen and oxygen atoms in total. The van der Waals surface area contributed by atoms with Crippen LogP contribution in [-0.4, -0.2) is 32.0 Å². The van der Waals surface area contributed by atoms with Crippen molar-refractivity contribution in [2.75, 3.05) is 12.3 Å². The lowest BCUT2D eigenvalue weighted by atomic mass is 9.82. The van der Waals surface area contributed by atoms with Gasteiger partial charge in [0.25, 0.3) is 0 Å². The van der Waals surface area contributed by atoms with Gasteiger partial charge in [0.2, 0.25) is 0 Å². The molecular weight excluding hydrogens is 258 g/mol. The van der Waals surface area contributed by atoms with Crippen LogP contribution in [0.2, 0.25) is 0 Å². The lowest BCUT2D eigenvalue weighted by Gasteiger charge is -2.32. The van der Waals surface area contributed by atoms with Crippen molar-refractivity contribution in [3.8, 4) is 0 Å². The van der Waals surface area contributed by atoms with Crippen LogP contribution in [0.25, 0.3) is 0 Å². The number of hydrogen-bond donors (Lipinski definition) is 1. The summed E-state index contributed by atoms with van der Waals surface area (Å²) in [5.74, 6) is 2.06. The van der Waals surface area contributed by atoms with E-state index in [1.165, 1.54) is 44.9 Å². The van der Waals surface area contributed by atoms with E-state index in [1.807, 2.05) is 0 Å². The molecule has 0 spiro atoms. The van der Waals surface area contributed by atoms with Crippen LogP contribution in [0.15, 0.2) is 0 Å². The molecule has 0 aromatic rings. The van der Waals surface area contributed by atoms with Gasteiger partial charge in [-0.2, -0.15) is 0 Å². The van der Waals surface area contributed by atoms with E-state index in [4.69, 9.17) is 0 Å². The monoisotopic (exact) mass is 285 g/mol. The highest BCUT2D eigenvalue weighted by atomic mass is 32.2. The Labute approximate surface area is 117 Å². The second kappa shape index (κ2) is 5.72. The summed E-state index contributed by atoms with van der Waals surface area (Å²) >= 11 is 0. The van der Waals surface area contributed by atoms with Crippen LogP contribution < -0.4 is 5.32 Å². The fourth-order valence-corrected chi connectivity index (χ4v) is 5.80. The number of nitrogens with one attached hydrogen (secondary N) is 1. The van der Waals surface area contributed by atoms with Crippen molar-refractivity contribution in [2.45, 2.75) is 69.1 Å². The maximum Gasteiger partial charge on any atom is 0.154 e. The minimum atomic E-state index is -2.78. The minimum Gasteiger partial charge on any atom is -0.312 e. The minimum absolute atomic E-state index is 0.0997. The highest BCUT2D eigenvalue weighted by Crippen LogP contribution is 2.40. The fraction of sp³-hybridized carbons (Fsp3) is 1.00. The molecule has 1 heterocycles. The highest BCUT2D eigenvalue weighted by Gasteiger charge is 2.38. The molecule has 3 aliphatic rings. The molecule has 0 bridgehead atoms.